The molecule has 19 heavy (non-hydrogen) atoms. The molecular weight excluding hydrogens is 262 g/mol. The highest BCUT2D eigenvalue weighted by atomic mass is 32.1. The lowest BCUT2D eigenvalue weighted by molar-refractivity contribution is 0.0702. The predicted molar refractivity (Wildman–Crippen MR) is 76.4 cm³/mol. The lowest BCUT2D eigenvalue weighted by atomic mass is 10.2. The fraction of sp³-hybridized carbons (Fsp3) is 0.214. The van der Waals surface area contributed by atoms with Crippen molar-refractivity contribution in [3.8, 4) is 5.75 Å². The summed E-state index contributed by atoms with van der Waals surface area (Å²) in [5.41, 5.74) is 2.06. The number of methoxy groups -OCH3 is 1. The van der Waals surface area contributed by atoms with E-state index in [1.807, 2.05) is 41.6 Å². The van der Waals surface area contributed by atoms with Crippen LogP contribution in [0.15, 0.2) is 35.7 Å². The number of hydrogen-bond donors (Lipinski definition) is 1. The van der Waals surface area contributed by atoms with E-state index in [9.17, 15) is 4.79 Å². The molecule has 0 radical (unpaired) electrons. The molecule has 0 atom stereocenters. The van der Waals surface area contributed by atoms with Gasteiger partial charge in [-0.1, -0.05) is 12.1 Å². The molecular formula is C14H15NO3S. The Morgan fingerprint density at radius 3 is 2.58 bits per heavy atom. The summed E-state index contributed by atoms with van der Waals surface area (Å²) in [5.74, 6) is -0.0517. The molecule has 0 spiro atoms. The van der Waals surface area contributed by atoms with Crippen LogP contribution in [-0.4, -0.2) is 25.2 Å². The highest BCUT2D eigenvalue weighted by Crippen LogP contribution is 2.24. The molecule has 1 aromatic carbocycles. The molecule has 1 aromatic heterocycles. The molecule has 5 heteroatoms. The van der Waals surface area contributed by atoms with Crippen LogP contribution in [0.2, 0.25) is 0 Å². The largest absolute Gasteiger partial charge is 0.497 e. The number of anilines is 1. The fourth-order valence-electron chi connectivity index (χ4n) is 1.73. The Kier molecular flexibility index (Phi) is 4.06. The molecule has 0 saturated carbocycles. The van der Waals surface area contributed by atoms with Gasteiger partial charge in [0.1, 0.15) is 10.6 Å². The average Bonchev–Trinajstić information content (AvgIpc) is 2.89. The number of hydrogen-bond acceptors (Lipinski definition) is 4. The predicted octanol–water partition coefficient (Wildman–Crippen LogP) is 3.09. The maximum absolute atomic E-state index is 10.8. The van der Waals surface area contributed by atoms with Gasteiger partial charge < -0.3 is 14.7 Å². The molecule has 0 aliphatic carbocycles. The third kappa shape index (κ3) is 3.26. The highest BCUT2D eigenvalue weighted by molar-refractivity contribution is 7.12. The van der Waals surface area contributed by atoms with Gasteiger partial charge in [-0.25, -0.2) is 4.79 Å². The van der Waals surface area contributed by atoms with Crippen molar-refractivity contribution in [2.75, 3.05) is 19.1 Å². The molecule has 0 aliphatic rings. The van der Waals surface area contributed by atoms with Gasteiger partial charge in [-0.15, -0.1) is 11.3 Å². The Morgan fingerprint density at radius 1 is 1.37 bits per heavy atom. The molecule has 100 valence electrons. The number of carboxylic acids is 1. The van der Waals surface area contributed by atoms with Crippen LogP contribution in [0.3, 0.4) is 0 Å². The summed E-state index contributed by atoms with van der Waals surface area (Å²) in [7, 11) is 3.58. The van der Waals surface area contributed by atoms with E-state index in [1.165, 1.54) is 11.3 Å². The molecule has 2 rings (SSSR count). The van der Waals surface area contributed by atoms with Crippen LogP contribution in [0.25, 0.3) is 0 Å². The first kappa shape index (κ1) is 13.4. The Hall–Kier alpha value is -2.01. The number of rotatable bonds is 5. The molecule has 0 saturated heterocycles. The smallest absolute Gasteiger partial charge is 0.345 e. The van der Waals surface area contributed by atoms with Crippen molar-refractivity contribution in [3.63, 3.8) is 0 Å². The van der Waals surface area contributed by atoms with E-state index in [4.69, 9.17) is 9.84 Å². The van der Waals surface area contributed by atoms with Crippen molar-refractivity contribution in [3.05, 3.63) is 46.2 Å². The van der Waals surface area contributed by atoms with Crippen LogP contribution >= 0.6 is 11.3 Å². The van der Waals surface area contributed by atoms with Gasteiger partial charge in [-0.05, 0) is 23.8 Å². The molecule has 0 bridgehead atoms. The number of carbonyl (C=O) groups is 1. The molecule has 0 aliphatic heterocycles. The van der Waals surface area contributed by atoms with E-state index in [1.54, 1.807) is 13.2 Å². The maximum atomic E-state index is 10.8. The van der Waals surface area contributed by atoms with E-state index in [0.29, 0.717) is 4.88 Å². The van der Waals surface area contributed by atoms with Crippen molar-refractivity contribution in [2.24, 2.45) is 0 Å². The van der Waals surface area contributed by atoms with Crippen LogP contribution in [0, 0.1) is 0 Å². The lowest BCUT2D eigenvalue weighted by Gasteiger charge is -2.17. The topological polar surface area (TPSA) is 49.8 Å². The Balaban J connectivity index is 2.06. The Morgan fingerprint density at radius 2 is 2.05 bits per heavy atom. The first-order valence-electron chi connectivity index (χ1n) is 5.76. The van der Waals surface area contributed by atoms with Gasteiger partial charge in [0.05, 0.1) is 7.11 Å². The van der Waals surface area contributed by atoms with Gasteiger partial charge in [0.25, 0.3) is 0 Å². The summed E-state index contributed by atoms with van der Waals surface area (Å²) in [6.45, 7) is 0.722. The Bertz CT molecular complexity index is 562. The lowest BCUT2D eigenvalue weighted by Crippen LogP contribution is -2.15. The zero-order valence-corrected chi connectivity index (χ0v) is 11.6. The van der Waals surface area contributed by atoms with Crippen LogP contribution in [0.1, 0.15) is 15.2 Å². The fourth-order valence-corrected chi connectivity index (χ4v) is 2.52. The van der Waals surface area contributed by atoms with Crippen LogP contribution in [0.5, 0.6) is 5.75 Å². The van der Waals surface area contributed by atoms with Gasteiger partial charge in [0.2, 0.25) is 0 Å². The van der Waals surface area contributed by atoms with Gasteiger partial charge in [-0.2, -0.15) is 0 Å². The minimum atomic E-state index is -0.880. The summed E-state index contributed by atoms with van der Waals surface area (Å²) < 4.78 is 5.11. The normalized spacial score (nSPS) is 10.2. The van der Waals surface area contributed by atoms with Crippen molar-refractivity contribution in [2.45, 2.75) is 6.54 Å². The molecule has 0 amide bonds. The monoisotopic (exact) mass is 277 g/mol. The molecule has 1 N–H and O–H groups in total. The summed E-state index contributed by atoms with van der Waals surface area (Å²) >= 11 is 1.24. The summed E-state index contributed by atoms with van der Waals surface area (Å²) in [5, 5.41) is 10.8. The number of nitrogens with zero attached hydrogens (tertiary/aromatic N) is 1. The van der Waals surface area contributed by atoms with Crippen molar-refractivity contribution >= 4 is 23.0 Å². The summed E-state index contributed by atoms with van der Waals surface area (Å²) in [6, 6.07) is 9.52. The van der Waals surface area contributed by atoms with Gasteiger partial charge in [0, 0.05) is 24.7 Å². The first-order valence-corrected chi connectivity index (χ1v) is 6.64. The number of carboxylic acid groups (broad SMARTS) is 1. The summed E-state index contributed by atoms with van der Waals surface area (Å²) in [6.07, 6.45) is 0. The first-order chi connectivity index (χ1) is 9.10. The molecule has 1 heterocycles. The van der Waals surface area contributed by atoms with Crippen LogP contribution in [-0.2, 0) is 6.54 Å². The van der Waals surface area contributed by atoms with Crippen molar-refractivity contribution in [1.82, 2.24) is 0 Å². The van der Waals surface area contributed by atoms with E-state index < -0.39 is 5.97 Å². The third-order valence-electron chi connectivity index (χ3n) is 2.82. The standard InChI is InChI=1S/C14H15NO3S/c1-15(11-7-13(14(16)17)19-9-11)8-10-3-5-12(18-2)6-4-10/h3-7,9H,8H2,1-2H3,(H,16,17). The minimum absolute atomic E-state index is 0.358. The number of ether oxygens (including phenoxy) is 1. The number of benzene rings is 1. The second-order valence-electron chi connectivity index (χ2n) is 4.18. The average molecular weight is 277 g/mol. The quantitative estimate of drug-likeness (QED) is 0.912. The summed E-state index contributed by atoms with van der Waals surface area (Å²) in [4.78, 5) is 13.2. The molecule has 0 unspecified atom stereocenters. The number of thiophene rings is 1. The van der Waals surface area contributed by atoms with Gasteiger partial charge >= 0.3 is 5.97 Å². The van der Waals surface area contributed by atoms with E-state index in [2.05, 4.69) is 0 Å². The molecule has 0 fully saturated rings. The second kappa shape index (κ2) is 5.75. The Labute approximate surface area is 115 Å². The van der Waals surface area contributed by atoms with Crippen molar-refractivity contribution in [1.29, 1.82) is 0 Å². The van der Waals surface area contributed by atoms with Gasteiger partial charge in [0.15, 0.2) is 0 Å². The zero-order chi connectivity index (χ0) is 13.8. The number of aromatic carboxylic acids is 1. The van der Waals surface area contributed by atoms with E-state index in [-0.39, 0.29) is 0 Å². The maximum Gasteiger partial charge on any atom is 0.345 e. The van der Waals surface area contributed by atoms with Crippen LogP contribution in [0.4, 0.5) is 5.69 Å². The van der Waals surface area contributed by atoms with Crippen molar-refractivity contribution < 1.29 is 14.6 Å². The highest BCUT2D eigenvalue weighted by Gasteiger charge is 2.10. The second-order valence-corrected chi connectivity index (χ2v) is 5.09. The SMILES string of the molecule is COc1ccc(CN(C)c2csc(C(=O)O)c2)cc1. The van der Waals surface area contributed by atoms with Gasteiger partial charge in [-0.3, -0.25) is 0 Å². The van der Waals surface area contributed by atoms with Crippen LogP contribution < -0.4 is 9.64 Å². The minimum Gasteiger partial charge on any atom is -0.497 e. The van der Waals surface area contributed by atoms with E-state index in [0.717, 1.165) is 23.5 Å². The van der Waals surface area contributed by atoms with E-state index >= 15 is 0 Å². The molecule has 4 nitrogen and oxygen atoms in total. The zero-order valence-electron chi connectivity index (χ0n) is 10.8. The molecule has 2 aromatic rings. The third-order valence-corrected chi connectivity index (χ3v) is 3.72.